The molecule has 1 N–H and O–H groups in total. The molecular weight excluding hydrogens is 288 g/mol. The Balaban J connectivity index is 1.99. The Kier molecular flexibility index (Phi) is 2.33. The van der Waals surface area contributed by atoms with Crippen molar-refractivity contribution in [3.05, 3.63) is 22.2 Å². The summed E-state index contributed by atoms with van der Waals surface area (Å²) in [6, 6.07) is 3.85. The molecule has 0 bridgehead atoms. The standard InChI is InChI=1S/C12H11BrO4/c13-8-3-7(4-9-11(8)17-6-16-9)12(1-2-12)5-10(14)15/h3-4H,1-2,5-6H2,(H,14,15). The summed E-state index contributed by atoms with van der Waals surface area (Å²) in [4.78, 5) is 10.9. The Morgan fingerprint density at radius 3 is 2.82 bits per heavy atom. The number of rotatable bonds is 3. The van der Waals surface area contributed by atoms with Crippen LogP contribution >= 0.6 is 15.9 Å². The molecule has 17 heavy (non-hydrogen) atoms. The number of carbonyl (C=O) groups is 1. The lowest BCUT2D eigenvalue weighted by atomic mass is 9.92. The first-order valence-electron chi connectivity index (χ1n) is 5.42. The van der Waals surface area contributed by atoms with E-state index in [1.807, 2.05) is 12.1 Å². The van der Waals surface area contributed by atoms with Gasteiger partial charge in [-0.05, 0) is 46.5 Å². The molecule has 1 fully saturated rings. The van der Waals surface area contributed by atoms with E-state index < -0.39 is 5.97 Å². The van der Waals surface area contributed by atoms with Crippen LogP contribution in [0.2, 0.25) is 0 Å². The average molecular weight is 299 g/mol. The van der Waals surface area contributed by atoms with E-state index in [0.717, 1.165) is 22.9 Å². The molecule has 0 unspecified atom stereocenters. The number of hydrogen-bond acceptors (Lipinski definition) is 3. The summed E-state index contributed by atoms with van der Waals surface area (Å²) in [6.45, 7) is 0.226. The van der Waals surface area contributed by atoms with Gasteiger partial charge in [-0.1, -0.05) is 0 Å². The molecule has 90 valence electrons. The van der Waals surface area contributed by atoms with Crippen molar-refractivity contribution in [3.63, 3.8) is 0 Å². The van der Waals surface area contributed by atoms with E-state index in [0.29, 0.717) is 11.5 Å². The molecule has 0 spiro atoms. The third-order valence-electron chi connectivity index (χ3n) is 3.38. The topological polar surface area (TPSA) is 55.8 Å². The molecule has 1 aliphatic carbocycles. The second-order valence-electron chi connectivity index (χ2n) is 4.54. The minimum absolute atomic E-state index is 0.180. The van der Waals surface area contributed by atoms with Gasteiger partial charge in [0.05, 0.1) is 10.9 Å². The van der Waals surface area contributed by atoms with Gasteiger partial charge in [0.2, 0.25) is 6.79 Å². The van der Waals surface area contributed by atoms with Crippen LogP contribution in [0.4, 0.5) is 0 Å². The van der Waals surface area contributed by atoms with Crippen LogP contribution in [0.1, 0.15) is 24.8 Å². The molecule has 5 heteroatoms. The normalized spacial score (nSPS) is 19.1. The Labute approximate surface area is 107 Å². The summed E-state index contributed by atoms with van der Waals surface area (Å²) in [6.07, 6.45) is 2.02. The molecule has 0 aromatic heterocycles. The maximum atomic E-state index is 10.9. The van der Waals surface area contributed by atoms with Gasteiger partial charge in [-0.25, -0.2) is 0 Å². The van der Waals surface area contributed by atoms with Crippen molar-refractivity contribution >= 4 is 21.9 Å². The van der Waals surface area contributed by atoms with E-state index in [9.17, 15) is 4.79 Å². The number of hydrogen-bond donors (Lipinski definition) is 1. The lowest BCUT2D eigenvalue weighted by Crippen LogP contribution is -2.12. The van der Waals surface area contributed by atoms with Crippen molar-refractivity contribution < 1.29 is 19.4 Å². The maximum absolute atomic E-state index is 10.9. The Morgan fingerprint density at radius 2 is 2.18 bits per heavy atom. The van der Waals surface area contributed by atoms with Gasteiger partial charge >= 0.3 is 5.97 Å². The Morgan fingerprint density at radius 1 is 1.41 bits per heavy atom. The van der Waals surface area contributed by atoms with Crippen molar-refractivity contribution in [2.24, 2.45) is 0 Å². The first-order chi connectivity index (χ1) is 8.11. The quantitative estimate of drug-likeness (QED) is 0.932. The molecule has 0 atom stereocenters. The molecule has 4 nitrogen and oxygen atoms in total. The van der Waals surface area contributed by atoms with Gasteiger partial charge in [-0.3, -0.25) is 4.79 Å². The van der Waals surface area contributed by atoms with Crippen molar-refractivity contribution in [2.75, 3.05) is 6.79 Å². The molecule has 1 aliphatic heterocycles. The summed E-state index contributed by atoms with van der Waals surface area (Å²) in [7, 11) is 0. The first kappa shape index (κ1) is 10.9. The van der Waals surface area contributed by atoms with Gasteiger partial charge in [0.1, 0.15) is 0 Å². The second-order valence-corrected chi connectivity index (χ2v) is 5.40. The van der Waals surface area contributed by atoms with Crippen LogP contribution in [-0.2, 0) is 10.2 Å². The van der Waals surface area contributed by atoms with Crippen molar-refractivity contribution in [1.82, 2.24) is 0 Å². The fraction of sp³-hybridized carbons (Fsp3) is 0.417. The van der Waals surface area contributed by atoms with Gasteiger partial charge in [-0.15, -0.1) is 0 Å². The molecule has 0 saturated heterocycles. The van der Waals surface area contributed by atoms with Crippen LogP contribution in [0.5, 0.6) is 11.5 Å². The molecule has 2 aliphatic rings. The van der Waals surface area contributed by atoms with Crippen LogP contribution in [-0.4, -0.2) is 17.9 Å². The largest absolute Gasteiger partial charge is 0.481 e. The number of halogens is 1. The highest BCUT2D eigenvalue weighted by Gasteiger charge is 2.46. The Hall–Kier alpha value is -1.23. The van der Waals surface area contributed by atoms with Crippen LogP contribution < -0.4 is 9.47 Å². The van der Waals surface area contributed by atoms with E-state index in [-0.39, 0.29) is 18.6 Å². The number of benzene rings is 1. The second kappa shape index (κ2) is 3.63. The monoisotopic (exact) mass is 298 g/mol. The summed E-state index contributed by atoms with van der Waals surface area (Å²) in [5.41, 5.74) is 0.825. The van der Waals surface area contributed by atoms with Crippen molar-refractivity contribution in [3.8, 4) is 11.5 Å². The zero-order chi connectivity index (χ0) is 12.0. The molecule has 1 aromatic rings. The van der Waals surface area contributed by atoms with Crippen LogP contribution in [0, 0.1) is 0 Å². The third kappa shape index (κ3) is 1.78. The van der Waals surface area contributed by atoms with Gasteiger partial charge in [0.15, 0.2) is 11.5 Å². The minimum atomic E-state index is -0.753. The highest BCUT2D eigenvalue weighted by atomic mass is 79.9. The van der Waals surface area contributed by atoms with Crippen LogP contribution in [0.15, 0.2) is 16.6 Å². The average Bonchev–Trinajstić information content (AvgIpc) is 2.87. The number of aliphatic carboxylic acids is 1. The lowest BCUT2D eigenvalue weighted by molar-refractivity contribution is -0.137. The molecule has 0 radical (unpaired) electrons. The number of fused-ring (bicyclic) bond motifs is 1. The summed E-state index contributed by atoms with van der Waals surface area (Å²) >= 11 is 3.43. The van der Waals surface area contributed by atoms with Crippen LogP contribution in [0.25, 0.3) is 0 Å². The third-order valence-corrected chi connectivity index (χ3v) is 3.97. The van der Waals surface area contributed by atoms with E-state index in [1.54, 1.807) is 0 Å². The summed E-state index contributed by atoms with van der Waals surface area (Å²) in [5, 5.41) is 8.95. The van der Waals surface area contributed by atoms with Crippen LogP contribution in [0.3, 0.4) is 0 Å². The number of ether oxygens (including phenoxy) is 2. The molecule has 0 amide bonds. The molecule has 3 rings (SSSR count). The summed E-state index contributed by atoms with van der Waals surface area (Å²) in [5.74, 6) is 0.655. The minimum Gasteiger partial charge on any atom is -0.481 e. The predicted molar refractivity (Wildman–Crippen MR) is 63.4 cm³/mol. The highest BCUT2D eigenvalue weighted by Crippen LogP contribution is 2.54. The lowest BCUT2D eigenvalue weighted by Gasteiger charge is -2.14. The predicted octanol–water partition coefficient (Wildman–Crippen LogP) is 2.68. The van der Waals surface area contributed by atoms with E-state index in [4.69, 9.17) is 14.6 Å². The van der Waals surface area contributed by atoms with Crippen molar-refractivity contribution in [2.45, 2.75) is 24.7 Å². The van der Waals surface area contributed by atoms with Gasteiger partial charge in [-0.2, -0.15) is 0 Å². The van der Waals surface area contributed by atoms with Gasteiger partial charge < -0.3 is 14.6 Å². The Bertz CT molecular complexity index is 494. The maximum Gasteiger partial charge on any atom is 0.304 e. The molecule has 1 aromatic carbocycles. The first-order valence-corrected chi connectivity index (χ1v) is 6.21. The van der Waals surface area contributed by atoms with Gasteiger partial charge in [0, 0.05) is 5.41 Å². The zero-order valence-corrected chi connectivity index (χ0v) is 10.6. The molecule has 1 heterocycles. The number of carboxylic acids is 1. The summed E-state index contributed by atoms with van der Waals surface area (Å²) < 4.78 is 11.5. The van der Waals surface area contributed by atoms with E-state index in [2.05, 4.69) is 15.9 Å². The van der Waals surface area contributed by atoms with Crippen molar-refractivity contribution in [1.29, 1.82) is 0 Å². The highest BCUT2D eigenvalue weighted by molar-refractivity contribution is 9.10. The molecular formula is C12H11BrO4. The smallest absolute Gasteiger partial charge is 0.304 e. The molecule has 1 saturated carbocycles. The number of carboxylic acid groups (broad SMARTS) is 1. The fourth-order valence-corrected chi connectivity index (χ4v) is 2.84. The van der Waals surface area contributed by atoms with E-state index in [1.165, 1.54) is 0 Å². The SMILES string of the molecule is O=C(O)CC1(c2cc(Br)c3c(c2)OCO3)CC1. The van der Waals surface area contributed by atoms with E-state index >= 15 is 0 Å². The fourth-order valence-electron chi connectivity index (χ4n) is 2.28. The van der Waals surface area contributed by atoms with Gasteiger partial charge in [0.25, 0.3) is 0 Å². The zero-order valence-electron chi connectivity index (χ0n) is 9.03.